The molecule has 4 aromatic rings. The Bertz CT molecular complexity index is 1630. The molecule has 0 fully saturated rings. The van der Waals surface area contributed by atoms with Crippen LogP contribution in [0.1, 0.15) is 141 Å². The SMILES string of the molecule is CCCCCCCCCCCCCCCCCC(=O)OC(COc1ccc(C(=O)c2ccccc2)c(O)c1)COc1ccc(C(=O)c2ccccc2)c(O)c1. The predicted octanol–water partition coefficient (Wildman–Crippen LogP) is 11.2. The highest BCUT2D eigenvalue weighted by Crippen LogP contribution is 2.28. The van der Waals surface area contributed by atoms with Crippen molar-refractivity contribution in [2.24, 2.45) is 0 Å². The van der Waals surface area contributed by atoms with Gasteiger partial charge in [0.15, 0.2) is 17.7 Å². The molecule has 55 heavy (non-hydrogen) atoms. The molecule has 0 aliphatic heterocycles. The van der Waals surface area contributed by atoms with Gasteiger partial charge in [0, 0.05) is 29.7 Å². The van der Waals surface area contributed by atoms with Crippen molar-refractivity contribution in [2.75, 3.05) is 13.2 Å². The van der Waals surface area contributed by atoms with E-state index in [2.05, 4.69) is 6.92 Å². The number of carbonyl (C=O) groups is 3. The lowest BCUT2D eigenvalue weighted by molar-refractivity contribution is -0.152. The number of aromatic hydroxyl groups is 2. The zero-order chi connectivity index (χ0) is 39.1. The van der Waals surface area contributed by atoms with Crippen LogP contribution in [0.25, 0.3) is 0 Å². The molecule has 0 aromatic heterocycles. The maximum Gasteiger partial charge on any atom is 0.306 e. The number of phenolic OH excluding ortho intramolecular Hbond substituents is 2. The lowest BCUT2D eigenvalue weighted by atomic mass is 10.0. The average molecular weight is 751 g/mol. The molecule has 0 aliphatic rings. The van der Waals surface area contributed by atoms with E-state index in [1.165, 1.54) is 101 Å². The standard InChI is InChI=1S/C47H58O8/c1-2-3-4-5-6-7-8-9-10-11-12-13-14-15-22-27-45(50)55-40(34-53-38-28-30-41(43(48)32-38)46(51)36-23-18-16-19-24-36)35-54-39-29-31-42(44(49)33-39)47(52)37-25-20-17-21-26-37/h16-21,23-26,28-33,40,48-49H,2-15,22,27,34-35H2,1H3. The number of carbonyl (C=O) groups excluding carboxylic acids is 3. The Morgan fingerprint density at radius 1 is 0.509 bits per heavy atom. The first-order valence-electron chi connectivity index (χ1n) is 20.2. The molecule has 0 amide bonds. The fourth-order valence-corrected chi connectivity index (χ4v) is 6.46. The molecule has 4 aromatic carbocycles. The van der Waals surface area contributed by atoms with Gasteiger partial charge in [0.2, 0.25) is 0 Å². The summed E-state index contributed by atoms with van der Waals surface area (Å²) in [4.78, 5) is 38.7. The summed E-state index contributed by atoms with van der Waals surface area (Å²) in [6, 6.07) is 26.2. The molecule has 0 saturated carbocycles. The minimum atomic E-state index is -0.829. The lowest BCUT2D eigenvalue weighted by Crippen LogP contribution is -2.31. The van der Waals surface area contributed by atoms with E-state index in [4.69, 9.17) is 14.2 Å². The van der Waals surface area contributed by atoms with Crippen molar-refractivity contribution in [3.05, 3.63) is 119 Å². The summed E-state index contributed by atoms with van der Waals surface area (Å²) in [6.45, 7) is 2.07. The first-order valence-corrected chi connectivity index (χ1v) is 20.2. The van der Waals surface area contributed by atoms with Gasteiger partial charge in [0.25, 0.3) is 0 Å². The molecule has 0 saturated heterocycles. The molecule has 0 heterocycles. The van der Waals surface area contributed by atoms with Crippen molar-refractivity contribution >= 4 is 17.5 Å². The van der Waals surface area contributed by atoms with E-state index >= 15 is 0 Å². The second-order valence-electron chi connectivity index (χ2n) is 14.2. The van der Waals surface area contributed by atoms with E-state index < -0.39 is 6.10 Å². The molecule has 0 atom stereocenters. The molecule has 8 nitrogen and oxygen atoms in total. The van der Waals surface area contributed by atoms with E-state index in [0.29, 0.717) is 11.1 Å². The molecule has 0 unspecified atom stereocenters. The van der Waals surface area contributed by atoms with Crippen LogP contribution in [0.4, 0.5) is 0 Å². The summed E-state index contributed by atoms with van der Waals surface area (Å²) in [5, 5.41) is 21.3. The third kappa shape index (κ3) is 15.3. The molecule has 0 spiro atoms. The Kier molecular flexibility index (Phi) is 18.9. The van der Waals surface area contributed by atoms with Gasteiger partial charge >= 0.3 is 5.97 Å². The zero-order valence-corrected chi connectivity index (χ0v) is 32.4. The van der Waals surface area contributed by atoms with Crippen molar-refractivity contribution in [3.8, 4) is 23.0 Å². The van der Waals surface area contributed by atoms with Crippen LogP contribution in [-0.4, -0.2) is 47.1 Å². The highest BCUT2D eigenvalue weighted by atomic mass is 16.6. The predicted molar refractivity (Wildman–Crippen MR) is 216 cm³/mol. The maximum atomic E-state index is 12.9. The Morgan fingerprint density at radius 3 is 1.27 bits per heavy atom. The molecule has 0 bridgehead atoms. The summed E-state index contributed by atoms with van der Waals surface area (Å²) in [5.41, 5.74) is 1.19. The summed E-state index contributed by atoms with van der Waals surface area (Å²) in [6.07, 6.45) is 18.0. The number of hydrogen-bond acceptors (Lipinski definition) is 8. The monoisotopic (exact) mass is 750 g/mol. The highest BCUT2D eigenvalue weighted by molar-refractivity contribution is 6.11. The van der Waals surface area contributed by atoms with Gasteiger partial charge in [-0.05, 0) is 30.7 Å². The van der Waals surface area contributed by atoms with Crippen LogP contribution in [0.15, 0.2) is 97.1 Å². The van der Waals surface area contributed by atoms with E-state index in [1.807, 2.05) is 12.1 Å². The number of ketones is 2. The Balaban J connectivity index is 1.25. The normalized spacial score (nSPS) is 11.0. The summed E-state index contributed by atoms with van der Waals surface area (Å²) < 4.78 is 17.6. The van der Waals surface area contributed by atoms with E-state index in [9.17, 15) is 24.6 Å². The number of phenols is 2. The van der Waals surface area contributed by atoms with Crippen molar-refractivity contribution in [1.82, 2.24) is 0 Å². The van der Waals surface area contributed by atoms with Crippen LogP contribution in [-0.2, 0) is 9.53 Å². The molecule has 2 N–H and O–H groups in total. The minimum Gasteiger partial charge on any atom is -0.507 e. The third-order valence-electron chi connectivity index (χ3n) is 9.65. The van der Waals surface area contributed by atoms with Gasteiger partial charge in [-0.3, -0.25) is 14.4 Å². The number of benzene rings is 4. The van der Waals surface area contributed by atoms with Crippen molar-refractivity contribution in [3.63, 3.8) is 0 Å². The quantitative estimate of drug-likeness (QED) is 0.0351. The largest absolute Gasteiger partial charge is 0.507 e. The van der Waals surface area contributed by atoms with Gasteiger partial charge in [-0.25, -0.2) is 0 Å². The fourth-order valence-electron chi connectivity index (χ4n) is 6.46. The Hall–Kier alpha value is -5.11. The summed E-state index contributed by atoms with van der Waals surface area (Å²) >= 11 is 0. The smallest absolute Gasteiger partial charge is 0.306 e. The van der Waals surface area contributed by atoms with Crippen LogP contribution >= 0.6 is 0 Å². The number of hydrogen-bond donors (Lipinski definition) is 2. The van der Waals surface area contributed by atoms with Crippen molar-refractivity contribution in [2.45, 2.75) is 116 Å². The van der Waals surface area contributed by atoms with E-state index in [0.717, 1.165) is 19.3 Å². The molecule has 4 rings (SSSR count). The van der Waals surface area contributed by atoms with Crippen molar-refractivity contribution in [1.29, 1.82) is 0 Å². The summed E-state index contributed by atoms with van der Waals surface area (Å²) in [7, 11) is 0. The number of ether oxygens (including phenoxy) is 3. The van der Waals surface area contributed by atoms with Crippen LogP contribution < -0.4 is 9.47 Å². The van der Waals surface area contributed by atoms with Gasteiger partial charge in [-0.1, -0.05) is 157 Å². The molecule has 8 heteroatoms. The number of rotatable bonds is 27. The van der Waals surface area contributed by atoms with Crippen LogP contribution in [0, 0.1) is 0 Å². The van der Waals surface area contributed by atoms with Crippen LogP contribution in [0.3, 0.4) is 0 Å². The second-order valence-corrected chi connectivity index (χ2v) is 14.2. The molecule has 0 aliphatic carbocycles. The Morgan fingerprint density at radius 2 is 0.891 bits per heavy atom. The van der Waals surface area contributed by atoms with Gasteiger partial charge in [0.1, 0.15) is 36.2 Å². The number of unbranched alkanes of at least 4 members (excludes halogenated alkanes) is 14. The summed E-state index contributed by atoms with van der Waals surface area (Å²) in [5.74, 6) is -0.897. The fraction of sp³-hybridized carbons (Fsp3) is 0.426. The van der Waals surface area contributed by atoms with Gasteiger partial charge < -0.3 is 24.4 Å². The van der Waals surface area contributed by atoms with Crippen molar-refractivity contribution < 1.29 is 38.8 Å². The molecule has 294 valence electrons. The van der Waals surface area contributed by atoms with E-state index in [1.54, 1.807) is 60.7 Å². The average Bonchev–Trinajstić information content (AvgIpc) is 3.20. The minimum absolute atomic E-state index is 0.0907. The lowest BCUT2D eigenvalue weighted by Gasteiger charge is -2.20. The third-order valence-corrected chi connectivity index (χ3v) is 9.65. The second kappa shape index (κ2) is 24.3. The zero-order valence-electron chi connectivity index (χ0n) is 32.4. The van der Waals surface area contributed by atoms with Gasteiger partial charge in [0.05, 0.1) is 11.1 Å². The number of esters is 1. The topological polar surface area (TPSA) is 119 Å². The highest BCUT2D eigenvalue weighted by Gasteiger charge is 2.20. The Labute approximate surface area is 326 Å². The van der Waals surface area contributed by atoms with Crippen LogP contribution in [0.2, 0.25) is 0 Å². The van der Waals surface area contributed by atoms with Gasteiger partial charge in [-0.2, -0.15) is 0 Å². The van der Waals surface area contributed by atoms with E-state index in [-0.39, 0.29) is 71.3 Å². The maximum absolute atomic E-state index is 12.9. The first kappa shape index (κ1) is 42.6. The molecular weight excluding hydrogens is 693 g/mol. The molecule has 0 radical (unpaired) electrons. The first-order chi connectivity index (χ1) is 26.9. The molecular formula is C47H58O8. The van der Waals surface area contributed by atoms with Gasteiger partial charge in [-0.15, -0.1) is 0 Å². The van der Waals surface area contributed by atoms with Crippen LogP contribution in [0.5, 0.6) is 23.0 Å².